The SMILES string of the molecule is CCCCCCCCCCCCOC(=O)C(C)NC(=O)c1ccc(F)cc1. The zero-order valence-electron chi connectivity index (χ0n) is 16.8. The van der Waals surface area contributed by atoms with Crippen molar-refractivity contribution in [2.75, 3.05) is 6.61 Å². The minimum atomic E-state index is -0.731. The van der Waals surface area contributed by atoms with Crippen LogP contribution in [0.3, 0.4) is 0 Å². The number of esters is 1. The summed E-state index contributed by atoms with van der Waals surface area (Å²) >= 11 is 0. The van der Waals surface area contributed by atoms with Gasteiger partial charge in [0.15, 0.2) is 0 Å². The Balaban J connectivity index is 2.05. The van der Waals surface area contributed by atoms with Crippen LogP contribution in [0.1, 0.15) is 88.4 Å². The fraction of sp³-hybridized carbons (Fsp3) is 0.636. The Morgan fingerprint density at radius 1 is 0.926 bits per heavy atom. The van der Waals surface area contributed by atoms with Crippen LogP contribution in [0.25, 0.3) is 0 Å². The van der Waals surface area contributed by atoms with Crippen molar-refractivity contribution in [1.82, 2.24) is 5.32 Å². The van der Waals surface area contributed by atoms with Crippen LogP contribution in [-0.2, 0) is 9.53 Å². The van der Waals surface area contributed by atoms with Crippen LogP contribution in [0.2, 0.25) is 0 Å². The summed E-state index contributed by atoms with van der Waals surface area (Å²) in [6.45, 7) is 4.20. The van der Waals surface area contributed by atoms with E-state index in [1.54, 1.807) is 6.92 Å². The van der Waals surface area contributed by atoms with Gasteiger partial charge >= 0.3 is 5.97 Å². The van der Waals surface area contributed by atoms with Crippen molar-refractivity contribution in [3.05, 3.63) is 35.6 Å². The number of rotatable bonds is 14. The molecule has 27 heavy (non-hydrogen) atoms. The molecule has 0 aliphatic heterocycles. The van der Waals surface area contributed by atoms with Gasteiger partial charge in [0.05, 0.1) is 6.61 Å². The number of amides is 1. The van der Waals surface area contributed by atoms with Crippen LogP contribution in [-0.4, -0.2) is 24.5 Å². The molecule has 0 fully saturated rings. The van der Waals surface area contributed by atoms with Crippen LogP contribution < -0.4 is 5.32 Å². The molecular weight excluding hydrogens is 345 g/mol. The lowest BCUT2D eigenvalue weighted by molar-refractivity contribution is -0.145. The Morgan fingerprint density at radius 2 is 1.44 bits per heavy atom. The molecule has 0 aromatic heterocycles. The molecule has 0 saturated carbocycles. The van der Waals surface area contributed by atoms with Gasteiger partial charge in [-0.05, 0) is 37.6 Å². The Kier molecular flexibility index (Phi) is 12.2. The quantitative estimate of drug-likeness (QED) is 0.347. The predicted molar refractivity (Wildman–Crippen MR) is 106 cm³/mol. The van der Waals surface area contributed by atoms with Crippen molar-refractivity contribution in [3.63, 3.8) is 0 Å². The van der Waals surface area contributed by atoms with Crippen LogP contribution in [0, 0.1) is 5.82 Å². The first-order valence-corrected chi connectivity index (χ1v) is 10.3. The summed E-state index contributed by atoms with van der Waals surface area (Å²) in [5.74, 6) is -1.27. The molecule has 4 nitrogen and oxygen atoms in total. The van der Waals surface area contributed by atoms with Crippen molar-refractivity contribution in [3.8, 4) is 0 Å². The third-order valence-corrected chi connectivity index (χ3v) is 4.55. The van der Waals surface area contributed by atoms with E-state index >= 15 is 0 Å². The molecule has 1 aromatic carbocycles. The zero-order valence-corrected chi connectivity index (χ0v) is 16.8. The highest BCUT2D eigenvalue weighted by atomic mass is 19.1. The van der Waals surface area contributed by atoms with Gasteiger partial charge in [0, 0.05) is 5.56 Å². The average Bonchev–Trinajstić information content (AvgIpc) is 2.66. The van der Waals surface area contributed by atoms with E-state index in [0.717, 1.165) is 12.8 Å². The maximum Gasteiger partial charge on any atom is 0.328 e. The Labute approximate surface area is 162 Å². The molecule has 0 spiro atoms. The lowest BCUT2D eigenvalue weighted by Gasteiger charge is -2.13. The number of carbonyl (C=O) groups excluding carboxylic acids is 2. The van der Waals surface area contributed by atoms with Gasteiger partial charge in [0.2, 0.25) is 0 Å². The van der Waals surface area contributed by atoms with Gasteiger partial charge in [-0.1, -0.05) is 64.7 Å². The highest BCUT2D eigenvalue weighted by molar-refractivity contribution is 5.96. The summed E-state index contributed by atoms with van der Waals surface area (Å²) in [5, 5.41) is 2.57. The van der Waals surface area contributed by atoms with Gasteiger partial charge in [0.25, 0.3) is 5.91 Å². The summed E-state index contributed by atoms with van der Waals surface area (Å²) in [7, 11) is 0. The Hall–Kier alpha value is -1.91. The number of hydrogen-bond acceptors (Lipinski definition) is 3. The van der Waals surface area contributed by atoms with Crippen molar-refractivity contribution in [1.29, 1.82) is 0 Å². The number of halogens is 1. The van der Waals surface area contributed by atoms with E-state index in [-0.39, 0.29) is 0 Å². The monoisotopic (exact) mass is 379 g/mol. The largest absolute Gasteiger partial charge is 0.464 e. The molecule has 1 amide bonds. The second kappa shape index (κ2) is 14.2. The van der Waals surface area contributed by atoms with Gasteiger partial charge in [0.1, 0.15) is 11.9 Å². The average molecular weight is 380 g/mol. The number of benzene rings is 1. The summed E-state index contributed by atoms with van der Waals surface area (Å²) in [6, 6.07) is 4.45. The van der Waals surface area contributed by atoms with Gasteiger partial charge in [-0.25, -0.2) is 9.18 Å². The standard InChI is InChI=1S/C22H34FNO3/c1-3-4-5-6-7-8-9-10-11-12-17-27-22(26)18(2)24-21(25)19-13-15-20(23)16-14-19/h13-16,18H,3-12,17H2,1-2H3,(H,24,25). The van der Waals surface area contributed by atoms with E-state index in [4.69, 9.17) is 4.74 Å². The minimum Gasteiger partial charge on any atom is -0.464 e. The number of carbonyl (C=O) groups is 2. The molecule has 0 aliphatic carbocycles. The highest BCUT2D eigenvalue weighted by Gasteiger charge is 2.17. The molecule has 1 N–H and O–H groups in total. The first-order chi connectivity index (χ1) is 13.0. The molecule has 0 heterocycles. The molecule has 1 aromatic rings. The third kappa shape index (κ3) is 10.7. The third-order valence-electron chi connectivity index (χ3n) is 4.55. The van der Waals surface area contributed by atoms with E-state index in [0.29, 0.717) is 12.2 Å². The van der Waals surface area contributed by atoms with Crippen molar-refractivity contribution < 1.29 is 18.7 Å². The molecule has 0 saturated heterocycles. The molecular formula is C22H34FNO3. The van der Waals surface area contributed by atoms with Crippen LogP contribution in [0.15, 0.2) is 24.3 Å². The first kappa shape index (κ1) is 23.1. The highest BCUT2D eigenvalue weighted by Crippen LogP contribution is 2.10. The molecule has 152 valence electrons. The first-order valence-electron chi connectivity index (χ1n) is 10.3. The Bertz CT molecular complexity index is 545. The van der Waals surface area contributed by atoms with Crippen LogP contribution >= 0.6 is 0 Å². The number of unbranched alkanes of at least 4 members (excludes halogenated alkanes) is 9. The second-order valence-electron chi connectivity index (χ2n) is 7.05. The summed E-state index contributed by atoms with van der Waals surface area (Å²) in [5.41, 5.74) is 0.311. The molecule has 1 unspecified atom stereocenters. The van der Waals surface area contributed by atoms with Crippen LogP contribution in [0.4, 0.5) is 4.39 Å². The van der Waals surface area contributed by atoms with Crippen molar-refractivity contribution >= 4 is 11.9 Å². The fourth-order valence-corrected chi connectivity index (χ4v) is 2.83. The lowest BCUT2D eigenvalue weighted by atomic mass is 10.1. The summed E-state index contributed by atoms with van der Waals surface area (Å²) < 4.78 is 18.1. The van der Waals surface area contributed by atoms with Gasteiger partial charge < -0.3 is 10.1 Å². The Morgan fingerprint density at radius 3 is 2.00 bits per heavy atom. The van der Waals surface area contributed by atoms with Crippen molar-refractivity contribution in [2.45, 2.75) is 84.1 Å². The maximum atomic E-state index is 12.9. The van der Waals surface area contributed by atoms with E-state index < -0.39 is 23.7 Å². The predicted octanol–water partition coefficient (Wildman–Crippen LogP) is 5.41. The summed E-state index contributed by atoms with van der Waals surface area (Å²) in [6.07, 6.45) is 12.2. The summed E-state index contributed by atoms with van der Waals surface area (Å²) in [4.78, 5) is 23.9. The van der Waals surface area contributed by atoms with Gasteiger partial charge in [-0.2, -0.15) is 0 Å². The van der Waals surface area contributed by atoms with E-state index in [2.05, 4.69) is 12.2 Å². The van der Waals surface area contributed by atoms with Crippen LogP contribution in [0.5, 0.6) is 0 Å². The number of nitrogens with one attached hydrogen (secondary N) is 1. The second-order valence-corrected chi connectivity index (χ2v) is 7.05. The normalized spacial score (nSPS) is 11.8. The lowest BCUT2D eigenvalue weighted by Crippen LogP contribution is -2.39. The zero-order chi connectivity index (χ0) is 19.9. The van der Waals surface area contributed by atoms with Crippen molar-refractivity contribution in [2.24, 2.45) is 0 Å². The molecule has 0 bridgehead atoms. The fourth-order valence-electron chi connectivity index (χ4n) is 2.83. The number of hydrogen-bond donors (Lipinski definition) is 1. The van der Waals surface area contributed by atoms with Gasteiger partial charge in [-0.3, -0.25) is 4.79 Å². The molecule has 5 heteroatoms. The van der Waals surface area contributed by atoms with Gasteiger partial charge in [-0.15, -0.1) is 0 Å². The van der Waals surface area contributed by atoms with E-state index in [1.165, 1.54) is 75.6 Å². The van der Waals surface area contributed by atoms with E-state index in [1.807, 2.05) is 0 Å². The smallest absolute Gasteiger partial charge is 0.328 e. The molecule has 1 rings (SSSR count). The molecule has 1 atom stereocenters. The minimum absolute atomic E-state index is 0.311. The topological polar surface area (TPSA) is 55.4 Å². The number of ether oxygens (including phenoxy) is 1. The van der Waals surface area contributed by atoms with E-state index in [9.17, 15) is 14.0 Å². The molecule has 0 aliphatic rings. The molecule has 0 radical (unpaired) electrons. The maximum absolute atomic E-state index is 12.9.